The third-order valence-corrected chi connectivity index (χ3v) is 12.4. The molecule has 0 N–H and O–H groups in total. The molecular weight excluding hydrogens is 765 g/mol. The summed E-state index contributed by atoms with van der Waals surface area (Å²) in [5, 5.41) is 4.75. The van der Waals surface area contributed by atoms with Crippen LogP contribution in [0, 0.1) is 0 Å². The highest BCUT2D eigenvalue weighted by Gasteiger charge is 2.19. The molecule has 296 valence electrons. The van der Waals surface area contributed by atoms with Gasteiger partial charge < -0.3 is 13.9 Å². The van der Waals surface area contributed by atoms with Gasteiger partial charge >= 0.3 is 0 Å². The van der Waals surface area contributed by atoms with Crippen LogP contribution in [0.1, 0.15) is 0 Å². The summed E-state index contributed by atoms with van der Waals surface area (Å²) >= 11 is 0. The first-order chi connectivity index (χ1) is 31.2. The second-order valence-electron chi connectivity index (χ2n) is 16.1. The summed E-state index contributed by atoms with van der Waals surface area (Å²) < 4.78 is 8.89. The van der Waals surface area contributed by atoms with Crippen molar-refractivity contribution in [1.29, 1.82) is 0 Å². The van der Waals surface area contributed by atoms with Crippen molar-refractivity contribution in [1.82, 2.24) is 4.57 Å². The fraction of sp³-hybridized carbons (Fsp3) is 0. The van der Waals surface area contributed by atoms with Gasteiger partial charge in [0.25, 0.3) is 0 Å². The Morgan fingerprint density at radius 2 is 0.794 bits per heavy atom. The largest absolute Gasteiger partial charge is 0.455 e. The summed E-state index contributed by atoms with van der Waals surface area (Å²) in [6.07, 6.45) is 0. The Labute approximate surface area is 366 Å². The molecule has 3 nitrogen and oxygen atoms in total. The number of para-hydroxylation sites is 4. The van der Waals surface area contributed by atoms with Crippen LogP contribution in [-0.2, 0) is 0 Å². The van der Waals surface area contributed by atoms with Crippen LogP contribution in [0.15, 0.2) is 247 Å². The third kappa shape index (κ3) is 6.38. The molecule has 0 bridgehead atoms. The van der Waals surface area contributed by atoms with Gasteiger partial charge in [-0.15, -0.1) is 0 Å². The van der Waals surface area contributed by atoms with E-state index in [1.807, 2.05) is 12.1 Å². The number of hydrogen-bond donors (Lipinski definition) is 0. The smallest absolute Gasteiger partial charge is 0.143 e. The van der Waals surface area contributed by atoms with Crippen molar-refractivity contribution in [2.75, 3.05) is 4.90 Å². The number of aromatic nitrogens is 1. The van der Waals surface area contributed by atoms with E-state index >= 15 is 0 Å². The summed E-state index contributed by atoms with van der Waals surface area (Å²) in [6.45, 7) is 0. The minimum absolute atomic E-state index is 0.902. The molecule has 0 aliphatic heterocycles. The Morgan fingerprint density at radius 3 is 1.44 bits per heavy atom. The van der Waals surface area contributed by atoms with Crippen LogP contribution in [0.3, 0.4) is 0 Å². The minimum Gasteiger partial charge on any atom is -0.455 e. The predicted octanol–water partition coefficient (Wildman–Crippen LogP) is 16.8. The molecule has 0 amide bonds. The maximum atomic E-state index is 6.45. The lowest BCUT2D eigenvalue weighted by Crippen LogP contribution is -2.10. The zero-order valence-corrected chi connectivity index (χ0v) is 34.4. The molecule has 0 atom stereocenters. The van der Waals surface area contributed by atoms with Gasteiger partial charge in [0.15, 0.2) is 0 Å². The first-order valence-electron chi connectivity index (χ1n) is 21.5. The van der Waals surface area contributed by atoms with Crippen LogP contribution in [-0.4, -0.2) is 4.57 Å². The van der Waals surface area contributed by atoms with Gasteiger partial charge in [0, 0.05) is 49.7 Å². The fourth-order valence-electron chi connectivity index (χ4n) is 9.41. The monoisotopic (exact) mass is 804 g/mol. The summed E-state index contributed by atoms with van der Waals surface area (Å²) in [6, 6.07) is 87.1. The van der Waals surface area contributed by atoms with Crippen molar-refractivity contribution in [3.8, 4) is 50.2 Å². The maximum absolute atomic E-state index is 6.45. The molecule has 63 heavy (non-hydrogen) atoms. The van der Waals surface area contributed by atoms with E-state index in [2.05, 4.69) is 240 Å². The molecule has 0 fully saturated rings. The van der Waals surface area contributed by atoms with Gasteiger partial charge in [-0.05, 0) is 94.0 Å². The summed E-state index contributed by atoms with van der Waals surface area (Å²) in [4.78, 5) is 2.36. The van der Waals surface area contributed by atoms with E-state index in [1.165, 1.54) is 38.5 Å². The topological polar surface area (TPSA) is 21.3 Å². The zero-order valence-electron chi connectivity index (χ0n) is 34.4. The van der Waals surface area contributed by atoms with Crippen LogP contribution in [0.25, 0.3) is 93.9 Å². The van der Waals surface area contributed by atoms with Crippen LogP contribution in [0.4, 0.5) is 17.1 Å². The van der Waals surface area contributed by atoms with Crippen LogP contribution >= 0.6 is 0 Å². The molecule has 2 heterocycles. The van der Waals surface area contributed by atoms with Crippen molar-refractivity contribution in [2.24, 2.45) is 0 Å². The highest BCUT2D eigenvalue weighted by Crippen LogP contribution is 2.42. The molecule has 0 aliphatic carbocycles. The average molecular weight is 805 g/mol. The zero-order chi connectivity index (χ0) is 41.7. The van der Waals surface area contributed by atoms with Gasteiger partial charge in [0.1, 0.15) is 11.2 Å². The quantitative estimate of drug-likeness (QED) is 0.153. The standard InChI is InChI=1S/C60H40N2O/c1-3-15-41(16-4-1)45-19-13-20-49(39-45)61(48-36-31-44(32-37-48)51-24-14-25-55-54-23-9-12-28-59(54)63-60(51)55)47-34-29-43(30-35-47)50-38-33-46(42-17-5-2-6-18-42)40-58(50)62-56-26-10-7-21-52(56)53-22-8-11-27-57(53)62/h1-40H. The second-order valence-corrected chi connectivity index (χ2v) is 16.1. The van der Waals surface area contributed by atoms with E-state index in [0.717, 1.165) is 72.5 Å². The molecular formula is C60H40N2O. The van der Waals surface area contributed by atoms with Gasteiger partial charge in [-0.2, -0.15) is 0 Å². The second kappa shape index (κ2) is 15.3. The van der Waals surface area contributed by atoms with E-state index in [0.29, 0.717) is 0 Å². The highest BCUT2D eigenvalue weighted by molar-refractivity contribution is 6.11. The highest BCUT2D eigenvalue weighted by atomic mass is 16.3. The lowest BCUT2D eigenvalue weighted by atomic mass is 9.97. The van der Waals surface area contributed by atoms with Crippen LogP contribution in [0.2, 0.25) is 0 Å². The van der Waals surface area contributed by atoms with Gasteiger partial charge in [0.2, 0.25) is 0 Å². The van der Waals surface area contributed by atoms with Gasteiger partial charge in [-0.3, -0.25) is 0 Å². The molecule has 0 unspecified atom stereocenters. The van der Waals surface area contributed by atoms with Gasteiger partial charge in [-0.1, -0.05) is 182 Å². The maximum Gasteiger partial charge on any atom is 0.143 e. The van der Waals surface area contributed by atoms with Crippen LogP contribution < -0.4 is 4.90 Å². The number of fused-ring (bicyclic) bond motifs is 6. The summed E-state index contributed by atoms with van der Waals surface area (Å²) in [5.74, 6) is 0. The Hall–Kier alpha value is -8.40. The van der Waals surface area contributed by atoms with Crippen molar-refractivity contribution in [3.05, 3.63) is 243 Å². The molecule has 2 aromatic heterocycles. The van der Waals surface area contributed by atoms with Crippen molar-refractivity contribution in [2.45, 2.75) is 0 Å². The van der Waals surface area contributed by atoms with Crippen molar-refractivity contribution >= 4 is 60.8 Å². The third-order valence-electron chi connectivity index (χ3n) is 12.4. The molecule has 12 rings (SSSR count). The molecule has 3 heteroatoms. The summed E-state index contributed by atoms with van der Waals surface area (Å²) in [5.41, 5.74) is 17.7. The average Bonchev–Trinajstić information content (AvgIpc) is 3.91. The molecule has 10 aromatic carbocycles. The van der Waals surface area contributed by atoms with E-state index in [9.17, 15) is 0 Å². The molecule has 0 saturated carbocycles. The predicted molar refractivity (Wildman–Crippen MR) is 264 cm³/mol. The normalized spacial score (nSPS) is 11.5. The number of rotatable bonds is 8. The SMILES string of the molecule is c1ccc(-c2cccc(N(c3ccc(-c4ccc(-c5ccccc5)cc4-n4c5ccccc5c5ccccc54)cc3)c3ccc(-c4cccc5c4oc4ccccc45)cc3)c2)cc1. The first-order valence-corrected chi connectivity index (χ1v) is 21.5. The van der Waals surface area contributed by atoms with E-state index in [4.69, 9.17) is 4.42 Å². The van der Waals surface area contributed by atoms with Crippen molar-refractivity contribution < 1.29 is 4.42 Å². The fourth-order valence-corrected chi connectivity index (χ4v) is 9.41. The first kappa shape index (κ1) is 36.5. The Balaban J connectivity index is 0.991. The number of nitrogens with zero attached hydrogens (tertiary/aromatic N) is 2. The van der Waals surface area contributed by atoms with Crippen molar-refractivity contribution in [3.63, 3.8) is 0 Å². The Kier molecular flexibility index (Phi) is 8.83. The number of anilines is 3. The lowest BCUT2D eigenvalue weighted by molar-refractivity contribution is 0.670. The Bertz CT molecular complexity index is 3550. The molecule has 12 aromatic rings. The molecule has 0 radical (unpaired) electrons. The Morgan fingerprint density at radius 1 is 0.302 bits per heavy atom. The summed E-state index contributed by atoms with van der Waals surface area (Å²) in [7, 11) is 0. The number of hydrogen-bond acceptors (Lipinski definition) is 2. The van der Waals surface area contributed by atoms with Gasteiger partial charge in [0.05, 0.1) is 16.7 Å². The van der Waals surface area contributed by atoms with E-state index < -0.39 is 0 Å². The lowest BCUT2D eigenvalue weighted by Gasteiger charge is -2.26. The van der Waals surface area contributed by atoms with Crippen LogP contribution in [0.5, 0.6) is 0 Å². The molecule has 0 spiro atoms. The number of benzene rings is 10. The number of furan rings is 1. The van der Waals surface area contributed by atoms with Gasteiger partial charge in [-0.25, -0.2) is 0 Å². The minimum atomic E-state index is 0.902. The molecule has 0 saturated heterocycles. The van der Waals surface area contributed by atoms with E-state index in [-0.39, 0.29) is 0 Å². The molecule has 0 aliphatic rings. The van der Waals surface area contributed by atoms with E-state index in [1.54, 1.807) is 0 Å².